The van der Waals surface area contributed by atoms with Gasteiger partial charge in [0.25, 0.3) is 5.91 Å². The van der Waals surface area contributed by atoms with Crippen molar-refractivity contribution in [1.29, 1.82) is 0 Å². The van der Waals surface area contributed by atoms with Crippen molar-refractivity contribution in [3.63, 3.8) is 0 Å². The highest BCUT2D eigenvalue weighted by Gasteiger charge is 2.29. The van der Waals surface area contributed by atoms with Crippen molar-refractivity contribution >= 4 is 38.8 Å². The second-order valence-electron chi connectivity index (χ2n) is 10.8. The van der Waals surface area contributed by atoms with Crippen LogP contribution in [-0.2, 0) is 36.2 Å². The minimum absolute atomic E-state index is 0.0239. The van der Waals surface area contributed by atoms with Crippen LogP contribution in [0.2, 0.25) is 0 Å². The summed E-state index contributed by atoms with van der Waals surface area (Å²) in [5, 5.41) is 10.5. The van der Waals surface area contributed by atoms with Crippen LogP contribution in [0.15, 0.2) is 33.0 Å². The van der Waals surface area contributed by atoms with Crippen molar-refractivity contribution in [3.8, 4) is 0 Å². The van der Waals surface area contributed by atoms with Gasteiger partial charge in [0.05, 0.1) is 25.8 Å². The summed E-state index contributed by atoms with van der Waals surface area (Å²) in [5.41, 5.74) is 0.206. The maximum absolute atomic E-state index is 14.5. The molecule has 0 fully saturated rings. The molecule has 9 nitrogen and oxygen atoms in total. The lowest BCUT2D eigenvalue weighted by Gasteiger charge is -2.20. The molecule has 1 atom stereocenters. The molecule has 1 aliphatic rings. The number of nitrogens with zero attached hydrogens (tertiary/aromatic N) is 2. The lowest BCUT2D eigenvalue weighted by molar-refractivity contribution is -0.117. The van der Waals surface area contributed by atoms with Gasteiger partial charge in [-0.3, -0.25) is 4.79 Å². The van der Waals surface area contributed by atoms with Crippen molar-refractivity contribution in [2.24, 2.45) is 4.36 Å². The van der Waals surface area contributed by atoms with E-state index in [2.05, 4.69) is 14.1 Å². The van der Waals surface area contributed by atoms with Crippen LogP contribution in [0.4, 0.5) is 9.18 Å². The number of ether oxygens (including phenoxy) is 2. The number of hydrogen-bond acceptors (Lipinski definition) is 8. The van der Waals surface area contributed by atoms with Gasteiger partial charge in [0, 0.05) is 0 Å². The topological polar surface area (TPSA) is 127 Å². The highest BCUT2D eigenvalue weighted by molar-refractivity contribution is 7.94. The van der Waals surface area contributed by atoms with E-state index in [0.29, 0.717) is 23.3 Å². The van der Waals surface area contributed by atoms with Crippen molar-refractivity contribution in [2.45, 2.75) is 76.2 Å². The number of rotatable bonds is 7. The zero-order valence-corrected chi connectivity index (χ0v) is 24.2. The molecule has 0 spiro atoms. The number of amides is 2. The number of halogens is 1. The summed E-state index contributed by atoms with van der Waals surface area (Å²) < 4.78 is 45.4. The first kappa shape index (κ1) is 29.9. The third kappa shape index (κ3) is 7.46. The molecular formula is C26H34FN3O6S2. The van der Waals surface area contributed by atoms with Gasteiger partial charge >= 0.3 is 6.09 Å². The van der Waals surface area contributed by atoms with Gasteiger partial charge in [-0.05, 0) is 74.9 Å². The summed E-state index contributed by atoms with van der Waals surface area (Å²) in [6.07, 6.45) is 1.71. The van der Waals surface area contributed by atoms with Crippen LogP contribution < -0.4 is 4.72 Å². The Labute approximate surface area is 226 Å². The van der Waals surface area contributed by atoms with E-state index in [9.17, 15) is 23.3 Å². The van der Waals surface area contributed by atoms with Gasteiger partial charge in [-0.2, -0.15) is 0 Å². The number of carbonyl (C=O) groups excluding carboxylic acids is 2. The molecule has 12 heteroatoms. The molecule has 2 heterocycles. The van der Waals surface area contributed by atoms with Crippen molar-refractivity contribution in [1.82, 2.24) is 9.71 Å². The molecule has 1 aromatic heterocycles. The van der Waals surface area contributed by atoms with E-state index in [1.54, 1.807) is 20.8 Å². The standard InChI is InChI=1S/C26H34FN3O6S2/c1-15(2)18-10-17(27)11-19(16-8-9-35-14-16)20(18)12-21(31)29-38(34,30-24(32)36-25(3,4)5)22-13-28-23(37-22)26(6,7)33/h8,10-11,13,15,33H,9,12,14H2,1-7H3,(H,29,30,31,32,34). The maximum atomic E-state index is 14.5. The zero-order valence-electron chi connectivity index (χ0n) is 22.6. The van der Waals surface area contributed by atoms with Crippen LogP contribution >= 0.6 is 11.3 Å². The van der Waals surface area contributed by atoms with E-state index >= 15 is 0 Å². The third-order valence-electron chi connectivity index (χ3n) is 5.38. The van der Waals surface area contributed by atoms with E-state index in [-0.39, 0.29) is 28.2 Å². The van der Waals surface area contributed by atoms with E-state index < -0.39 is 38.9 Å². The second-order valence-corrected chi connectivity index (χ2v) is 13.9. The van der Waals surface area contributed by atoms with Gasteiger partial charge in [0.1, 0.15) is 26.2 Å². The monoisotopic (exact) mass is 567 g/mol. The van der Waals surface area contributed by atoms with Crippen molar-refractivity contribution in [2.75, 3.05) is 13.2 Å². The SMILES string of the molecule is CC(C)c1cc(F)cc(C2=CCOC2)c1CC(=O)N=S(=O)(NC(=O)OC(C)(C)C)c1cnc(C(C)(C)O)s1. The summed E-state index contributed by atoms with van der Waals surface area (Å²) in [5.74, 6) is -1.35. The Morgan fingerprint density at radius 2 is 1.97 bits per heavy atom. The minimum Gasteiger partial charge on any atom is -0.443 e. The maximum Gasteiger partial charge on any atom is 0.420 e. The van der Waals surface area contributed by atoms with Gasteiger partial charge in [-0.1, -0.05) is 19.9 Å². The van der Waals surface area contributed by atoms with Gasteiger partial charge in [-0.15, -0.1) is 15.7 Å². The van der Waals surface area contributed by atoms with E-state index in [1.165, 1.54) is 32.2 Å². The fraction of sp³-hybridized carbons (Fsp3) is 0.500. The predicted molar refractivity (Wildman–Crippen MR) is 144 cm³/mol. The largest absolute Gasteiger partial charge is 0.443 e. The lowest BCUT2D eigenvalue weighted by atomic mass is 9.88. The summed E-state index contributed by atoms with van der Waals surface area (Å²) in [6, 6.07) is 2.73. The highest BCUT2D eigenvalue weighted by atomic mass is 32.2. The molecule has 3 rings (SSSR count). The summed E-state index contributed by atoms with van der Waals surface area (Å²) in [6.45, 7) is 12.3. The molecule has 1 aliphatic heterocycles. The molecule has 2 N–H and O–H groups in total. The molecule has 208 valence electrons. The molecule has 0 bridgehead atoms. The quantitative estimate of drug-likeness (QED) is 0.477. The Morgan fingerprint density at radius 3 is 2.50 bits per heavy atom. The van der Waals surface area contributed by atoms with Gasteiger partial charge in [0.2, 0.25) is 0 Å². The Bertz CT molecular complexity index is 1380. The van der Waals surface area contributed by atoms with Crippen LogP contribution in [0.5, 0.6) is 0 Å². The second kappa shape index (κ2) is 11.2. The molecule has 1 unspecified atom stereocenters. The van der Waals surface area contributed by atoms with Crippen molar-refractivity contribution in [3.05, 3.63) is 51.9 Å². The summed E-state index contributed by atoms with van der Waals surface area (Å²) in [7, 11) is -3.89. The Hall–Kier alpha value is -2.67. The van der Waals surface area contributed by atoms with Crippen LogP contribution in [0.25, 0.3) is 5.57 Å². The van der Waals surface area contributed by atoms with Crippen LogP contribution in [0.1, 0.15) is 76.1 Å². The number of aromatic nitrogens is 1. The highest BCUT2D eigenvalue weighted by Crippen LogP contribution is 2.32. The molecular weight excluding hydrogens is 533 g/mol. The van der Waals surface area contributed by atoms with E-state index in [1.807, 2.05) is 19.9 Å². The van der Waals surface area contributed by atoms with E-state index in [0.717, 1.165) is 16.9 Å². The third-order valence-corrected chi connectivity index (χ3v) is 8.97. The fourth-order valence-electron chi connectivity index (χ4n) is 3.76. The van der Waals surface area contributed by atoms with E-state index in [4.69, 9.17) is 9.47 Å². The molecule has 2 amide bonds. The molecule has 0 saturated heterocycles. The number of carbonyl (C=O) groups is 2. The molecule has 38 heavy (non-hydrogen) atoms. The first-order valence-electron chi connectivity index (χ1n) is 12.1. The number of benzene rings is 1. The number of hydrogen-bond donors (Lipinski definition) is 2. The average Bonchev–Trinajstić information content (AvgIpc) is 3.45. The number of thiazole rings is 1. The zero-order chi connectivity index (χ0) is 28.5. The summed E-state index contributed by atoms with van der Waals surface area (Å²) in [4.78, 5) is 30.0. The Kier molecular flexibility index (Phi) is 8.81. The summed E-state index contributed by atoms with van der Waals surface area (Å²) >= 11 is 0.861. The van der Waals surface area contributed by atoms with Gasteiger partial charge in [0.15, 0.2) is 9.92 Å². The van der Waals surface area contributed by atoms with Crippen LogP contribution in [-0.4, -0.2) is 45.1 Å². The predicted octanol–water partition coefficient (Wildman–Crippen LogP) is 5.08. The Morgan fingerprint density at radius 1 is 1.29 bits per heavy atom. The lowest BCUT2D eigenvalue weighted by Crippen LogP contribution is -2.36. The van der Waals surface area contributed by atoms with Crippen LogP contribution in [0, 0.1) is 5.82 Å². The Balaban J connectivity index is 2.09. The number of nitrogens with one attached hydrogen (secondary N) is 1. The smallest absolute Gasteiger partial charge is 0.420 e. The fourth-order valence-corrected chi connectivity index (χ4v) is 6.39. The molecule has 0 aliphatic carbocycles. The molecule has 1 aromatic carbocycles. The molecule has 0 radical (unpaired) electrons. The first-order valence-corrected chi connectivity index (χ1v) is 14.4. The van der Waals surface area contributed by atoms with Crippen molar-refractivity contribution < 1.29 is 32.8 Å². The minimum atomic E-state index is -3.89. The van der Waals surface area contributed by atoms with Crippen LogP contribution in [0.3, 0.4) is 0 Å². The van der Waals surface area contributed by atoms with Gasteiger partial charge in [-0.25, -0.2) is 23.1 Å². The normalized spacial score (nSPS) is 15.7. The average molecular weight is 568 g/mol. The molecule has 2 aromatic rings. The first-order chi connectivity index (χ1) is 17.5. The molecule has 0 saturated carbocycles. The van der Waals surface area contributed by atoms with Gasteiger partial charge < -0.3 is 14.6 Å². The number of aliphatic hydroxyl groups is 1.